The molecule has 0 spiro atoms. The second-order valence-electron chi connectivity index (χ2n) is 9.07. The Morgan fingerprint density at radius 1 is 0.816 bits per heavy atom. The van der Waals surface area contributed by atoms with E-state index in [2.05, 4.69) is 13.8 Å². The maximum Gasteiger partial charge on any atom is 2.00 e. The molecule has 1 aliphatic carbocycles. The summed E-state index contributed by atoms with van der Waals surface area (Å²) in [7, 11) is 0. The number of benzene rings is 2. The van der Waals surface area contributed by atoms with Crippen molar-refractivity contribution in [2.45, 2.75) is 85.7 Å². The smallest absolute Gasteiger partial charge is 0.550 e. The summed E-state index contributed by atoms with van der Waals surface area (Å²) in [6.07, 6.45) is 8.39. The molecule has 0 aromatic heterocycles. The number of phenolic OH excluding ortho intramolecular Hbond substituents is 2. The summed E-state index contributed by atoms with van der Waals surface area (Å²) in [6.45, 7) is 10.0. The molecule has 1 aliphatic rings. The van der Waals surface area contributed by atoms with Crippen LogP contribution in [0.1, 0.15) is 80.3 Å². The second kappa shape index (κ2) is 17.4. The second-order valence-corrected chi connectivity index (χ2v) is 9.07. The molecular weight excluding hydrogens is 531 g/mol. The van der Waals surface area contributed by atoms with E-state index in [1.165, 1.54) is 11.1 Å². The van der Waals surface area contributed by atoms with Gasteiger partial charge in [0.15, 0.2) is 0 Å². The molecule has 0 aliphatic heterocycles. The SMILES string of the molecule is CC(=O)[O-].CC(=O)[O-].CCc1cc(C)c(O)c(C=NC2CCC(N=Cc3cc(CC)cc(C)c3O)C2)c1.[Co+2]. The fourth-order valence-electron chi connectivity index (χ4n) is 3.95. The van der Waals surface area contributed by atoms with Gasteiger partial charge >= 0.3 is 16.8 Å². The number of hydrogen-bond acceptors (Lipinski definition) is 8. The Labute approximate surface area is 235 Å². The summed E-state index contributed by atoms with van der Waals surface area (Å²) in [5.41, 5.74) is 5.80. The van der Waals surface area contributed by atoms with E-state index < -0.39 is 11.9 Å². The topological polar surface area (TPSA) is 145 Å². The first-order valence-corrected chi connectivity index (χ1v) is 12.4. The Morgan fingerprint density at radius 2 is 1.13 bits per heavy atom. The maximum atomic E-state index is 10.3. The van der Waals surface area contributed by atoms with Gasteiger partial charge in [-0.1, -0.05) is 26.0 Å². The van der Waals surface area contributed by atoms with E-state index in [0.29, 0.717) is 11.5 Å². The molecule has 1 saturated carbocycles. The van der Waals surface area contributed by atoms with Crippen LogP contribution in [0.3, 0.4) is 0 Å². The van der Waals surface area contributed by atoms with Crippen molar-refractivity contribution >= 4 is 24.4 Å². The van der Waals surface area contributed by atoms with Gasteiger partial charge in [-0.3, -0.25) is 9.98 Å². The first-order valence-electron chi connectivity index (χ1n) is 12.4. The van der Waals surface area contributed by atoms with Gasteiger partial charge in [-0.25, -0.2) is 0 Å². The number of aliphatic imine (C=N–C) groups is 2. The minimum absolute atomic E-state index is 0. The van der Waals surface area contributed by atoms with Gasteiger partial charge < -0.3 is 30.0 Å². The molecule has 2 aromatic rings. The quantitative estimate of drug-likeness (QED) is 0.512. The van der Waals surface area contributed by atoms with E-state index in [-0.39, 0.29) is 28.9 Å². The van der Waals surface area contributed by atoms with E-state index in [1.54, 1.807) is 0 Å². The van der Waals surface area contributed by atoms with Crippen molar-refractivity contribution in [3.63, 3.8) is 0 Å². The molecule has 3 rings (SSSR count). The number of carboxylic acids is 2. The van der Waals surface area contributed by atoms with Crippen LogP contribution in [0.4, 0.5) is 0 Å². The predicted octanol–water partition coefficient (Wildman–Crippen LogP) is 2.81. The molecule has 0 amide bonds. The molecule has 1 radical (unpaired) electrons. The monoisotopic (exact) mass is 569 g/mol. The molecule has 2 unspecified atom stereocenters. The summed E-state index contributed by atoms with van der Waals surface area (Å²) in [6, 6.07) is 8.53. The first kappa shape index (κ1) is 34.8. The third kappa shape index (κ3) is 12.4. The van der Waals surface area contributed by atoms with Gasteiger partial charge in [-0.15, -0.1) is 0 Å². The number of aromatic hydroxyl groups is 2. The summed E-state index contributed by atoms with van der Waals surface area (Å²) < 4.78 is 0. The number of nitrogens with zero attached hydrogens (tertiary/aromatic N) is 2. The number of carboxylic acid groups (broad SMARTS) is 2. The first-order chi connectivity index (χ1) is 17.4. The van der Waals surface area contributed by atoms with Crippen LogP contribution in [0.25, 0.3) is 0 Å². The molecule has 2 aromatic carbocycles. The van der Waals surface area contributed by atoms with Crippen LogP contribution in [0.15, 0.2) is 34.3 Å². The van der Waals surface area contributed by atoms with E-state index in [0.717, 1.165) is 68.2 Å². The zero-order valence-electron chi connectivity index (χ0n) is 22.9. The number of phenols is 2. The molecule has 0 saturated heterocycles. The Bertz CT molecular complexity index is 1040. The van der Waals surface area contributed by atoms with Gasteiger partial charge in [-0.2, -0.15) is 0 Å². The number of carbonyl (C=O) groups is 2. The Balaban J connectivity index is 0.00000134. The van der Waals surface area contributed by atoms with Gasteiger partial charge in [0.1, 0.15) is 11.5 Å². The largest absolute Gasteiger partial charge is 2.00 e. The zero-order valence-corrected chi connectivity index (χ0v) is 24.0. The predicted molar refractivity (Wildman–Crippen MR) is 142 cm³/mol. The molecule has 209 valence electrons. The van der Waals surface area contributed by atoms with Crippen molar-refractivity contribution in [2.24, 2.45) is 9.98 Å². The van der Waals surface area contributed by atoms with Crippen molar-refractivity contribution < 1.29 is 46.8 Å². The van der Waals surface area contributed by atoms with E-state index in [1.807, 2.05) is 50.5 Å². The van der Waals surface area contributed by atoms with Crippen LogP contribution in [0, 0.1) is 13.8 Å². The normalized spacial score (nSPS) is 16.3. The van der Waals surface area contributed by atoms with Gasteiger partial charge in [0.05, 0.1) is 12.1 Å². The van der Waals surface area contributed by atoms with Crippen LogP contribution in [-0.4, -0.2) is 46.7 Å². The van der Waals surface area contributed by atoms with Crippen molar-refractivity contribution in [2.75, 3.05) is 0 Å². The maximum absolute atomic E-state index is 10.3. The van der Waals surface area contributed by atoms with Gasteiger partial charge in [0, 0.05) is 35.5 Å². The standard InChI is InChI=1S/C25H32N2O2.2C2H4O2.Co/c1-5-18-9-16(3)24(28)20(11-18)14-26-22-7-8-23(13-22)27-15-21-12-19(6-2)10-17(4)25(21)29;2*1-2(3)4;/h9-12,14-15,22-23,28-29H,5-8,13H2,1-4H3;2*1H3,(H,3,4);/q;;;+2/p-2. The van der Waals surface area contributed by atoms with Gasteiger partial charge in [0.25, 0.3) is 0 Å². The molecule has 38 heavy (non-hydrogen) atoms. The molecule has 0 heterocycles. The molecule has 2 N–H and O–H groups in total. The molecule has 2 atom stereocenters. The van der Waals surface area contributed by atoms with E-state index >= 15 is 0 Å². The third-order valence-corrected chi connectivity index (χ3v) is 5.82. The Kier molecular flexibility index (Phi) is 15.9. The molecular formula is C29H38CoN2O6. The summed E-state index contributed by atoms with van der Waals surface area (Å²) >= 11 is 0. The average molecular weight is 570 g/mol. The minimum Gasteiger partial charge on any atom is -0.550 e. The fraction of sp³-hybridized carbons (Fsp3) is 0.448. The average Bonchev–Trinajstić information content (AvgIpc) is 3.27. The molecule has 1 fully saturated rings. The van der Waals surface area contributed by atoms with Crippen molar-refractivity contribution in [3.05, 3.63) is 57.6 Å². The summed E-state index contributed by atoms with van der Waals surface area (Å²) in [5.74, 6) is -1.53. The van der Waals surface area contributed by atoms with Crippen molar-refractivity contribution in [1.82, 2.24) is 0 Å². The van der Waals surface area contributed by atoms with Crippen molar-refractivity contribution in [3.8, 4) is 11.5 Å². The third-order valence-electron chi connectivity index (χ3n) is 5.82. The molecule has 8 nitrogen and oxygen atoms in total. The minimum atomic E-state index is -1.08. The fourth-order valence-corrected chi connectivity index (χ4v) is 3.95. The van der Waals surface area contributed by atoms with Crippen LogP contribution in [0.2, 0.25) is 0 Å². The molecule has 0 bridgehead atoms. The molecule has 9 heteroatoms. The number of hydrogen-bond donors (Lipinski definition) is 2. The zero-order chi connectivity index (χ0) is 28.1. The van der Waals surface area contributed by atoms with Crippen LogP contribution < -0.4 is 10.2 Å². The van der Waals surface area contributed by atoms with Crippen molar-refractivity contribution in [1.29, 1.82) is 0 Å². The van der Waals surface area contributed by atoms with Gasteiger partial charge in [0.2, 0.25) is 0 Å². The van der Waals surface area contributed by atoms with E-state index in [9.17, 15) is 10.2 Å². The number of aryl methyl sites for hydroxylation is 4. The number of carbonyl (C=O) groups excluding carboxylic acids is 2. The van der Waals surface area contributed by atoms with Crippen LogP contribution in [0.5, 0.6) is 11.5 Å². The van der Waals surface area contributed by atoms with Crippen LogP contribution in [-0.2, 0) is 39.2 Å². The summed E-state index contributed by atoms with van der Waals surface area (Å²) in [5, 5.41) is 38.4. The summed E-state index contributed by atoms with van der Waals surface area (Å²) in [4.78, 5) is 27.2. The number of aliphatic carboxylic acids is 2. The van der Waals surface area contributed by atoms with Gasteiger partial charge in [-0.05, 0) is 94.2 Å². The Hall–Kier alpha value is -3.17. The number of rotatable bonds is 6. The Morgan fingerprint density at radius 3 is 1.42 bits per heavy atom. The van der Waals surface area contributed by atoms with Crippen LogP contribution >= 0.6 is 0 Å². The van der Waals surface area contributed by atoms with E-state index in [4.69, 9.17) is 29.8 Å².